The molecule has 1 aromatic carbocycles. The van der Waals surface area contributed by atoms with Gasteiger partial charge in [0.15, 0.2) is 5.65 Å². The van der Waals surface area contributed by atoms with E-state index in [-0.39, 0.29) is 17.5 Å². The van der Waals surface area contributed by atoms with Crippen LogP contribution in [-0.4, -0.2) is 50.8 Å². The van der Waals surface area contributed by atoms with Crippen molar-refractivity contribution < 1.29 is 9.53 Å². The fraction of sp³-hybridized carbons (Fsp3) is 0.368. The monoisotopic (exact) mass is 367 g/mol. The van der Waals surface area contributed by atoms with E-state index in [9.17, 15) is 9.59 Å². The van der Waals surface area contributed by atoms with Gasteiger partial charge in [-0.05, 0) is 12.5 Å². The predicted octanol–water partition coefficient (Wildman–Crippen LogP) is 1.51. The molecule has 1 aliphatic rings. The zero-order valence-corrected chi connectivity index (χ0v) is 15.3. The van der Waals surface area contributed by atoms with Gasteiger partial charge in [-0.3, -0.25) is 9.59 Å². The number of fused-ring (bicyclic) bond motifs is 1. The molecule has 0 radical (unpaired) electrons. The Balaban J connectivity index is 1.70. The van der Waals surface area contributed by atoms with Crippen LogP contribution < -0.4 is 10.3 Å². The molecule has 3 aromatic rings. The van der Waals surface area contributed by atoms with E-state index in [1.165, 1.54) is 0 Å². The number of nitrogens with one attached hydrogen (secondary N) is 1. The van der Waals surface area contributed by atoms with Crippen LogP contribution in [0, 0.1) is 0 Å². The molecule has 0 saturated carbocycles. The van der Waals surface area contributed by atoms with Gasteiger partial charge in [0.2, 0.25) is 5.91 Å². The van der Waals surface area contributed by atoms with E-state index in [1.54, 1.807) is 29.8 Å². The van der Waals surface area contributed by atoms with E-state index in [0.29, 0.717) is 36.4 Å². The number of carbonyl (C=O) groups is 1. The molecule has 1 fully saturated rings. The van der Waals surface area contributed by atoms with Gasteiger partial charge in [-0.1, -0.05) is 18.2 Å². The summed E-state index contributed by atoms with van der Waals surface area (Å²) in [4.78, 5) is 33.4. The van der Waals surface area contributed by atoms with Crippen molar-refractivity contribution in [3.63, 3.8) is 0 Å². The van der Waals surface area contributed by atoms with Gasteiger partial charge >= 0.3 is 0 Å². The molecule has 27 heavy (non-hydrogen) atoms. The molecule has 0 bridgehead atoms. The number of nitrogens with zero attached hydrogens (tertiary/aromatic N) is 4. The number of aromatic nitrogens is 4. The number of amides is 1. The highest BCUT2D eigenvalue weighted by atomic mass is 16.5. The lowest BCUT2D eigenvalue weighted by Crippen LogP contribution is -2.26. The molecule has 0 spiro atoms. The van der Waals surface area contributed by atoms with Gasteiger partial charge in [-0.2, -0.15) is 5.10 Å². The predicted molar refractivity (Wildman–Crippen MR) is 99.9 cm³/mol. The Labute approximate surface area is 155 Å². The Bertz CT molecular complexity index is 1050. The summed E-state index contributed by atoms with van der Waals surface area (Å²) in [7, 11) is 1.62. The third kappa shape index (κ3) is 3.18. The second kappa shape index (κ2) is 6.86. The number of para-hydroxylation sites is 1. The normalized spacial score (nSPS) is 16.8. The molecular formula is C19H21N5O3. The minimum atomic E-state index is -0.211. The van der Waals surface area contributed by atoms with Crippen molar-refractivity contribution in [1.82, 2.24) is 24.6 Å². The van der Waals surface area contributed by atoms with Crippen molar-refractivity contribution in [2.45, 2.75) is 25.8 Å². The first-order chi connectivity index (χ1) is 13.1. The first kappa shape index (κ1) is 17.3. The lowest BCUT2D eigenvalue weighted by molar-refractivity contribution is -0.127. The molecule has 8 heteroatoms. The number of likely N-dealkylation sites (tertiary alicyclic amines) is 1. The number of ether oxygens (including phenoxy) is 1. The minimum Gasteiger partial charge on any atom is -0.496 e. The van der Waals surface area contributed by atoms with Crippen LogP contribution in [0.2, 0.25) is 0 Å². The molecule has 1 unspecified atom stereocenters. The van der Waals surface area contributed by atoms with E-state index in [4.69, 9.17) is 4.74 Å². The van der Waals surface area contributed by atoms with Crippen molar-refractivity contribution in [2.75, 3.05) is 20.2 Å². The van der Waals surface area contributed by atoms with Gasteiger partial charge in [0.05, 0.1) is 19.3 Å². The number of methoxy groups -OCH3 is 1. The van der Waals surface area contributed by atoms with Crippen molar-refractivity contribution >= 4 is 16.9 Å². The molecule has 1 amide bonds. The average molecular weight is 367 g/mol. The van der Waals surface area contributed by atoms with Crippen LogP contribution in [0.3, 0.4) is 0 Å². The van der Waals surface area contributed by atoms with Crippen LogP contribution >= 0.6 is 0 Å². The number of aromatic amines is 1. The van der Waals surface area contributed by atoms with Gasteiger partial charge in [0.25, 0.3) is 5.56 Å². The molecule has 0 aliphatic carbocycles. The van der Waals surface area contributed by atoms with Crippen molar-refractivity contribution in [2.24, 2.45) is 0 Å². The number of carbonyl (C=O) groups excluding carboxylic acids is 1. The standard InChI is InChI=1S/C19H21N5O3/c1-12(25)23-8-7-14(11-23)24-18-15(10-20-24)19(26)22-17(21-18)9-13-5-3-4-6-16(13)27-2/h3-6,10,14H,7-9,11H2,1-2H3,(H,21,22,26). The maximum absolute atomic E-state index is 12.5. The first-order valence-corrected chi connectivity index (χ1v) is 8.90. The highest BCUT2D eigenvalue weighted by molar-refractivity contribution is 5.74. The summed E-state index contributed by atoms with van der Waals surface area (Å²) >= 11 is 0. The van der Waals surface area contributed by atoms with Gasteiger partial charge in [-0.15, -0.1) is 0 Å². The maximum atomic E-state index is 12.5. The van der Waals surface area contributed by atoms with E-state index in [1.807, 2.05) is 24.3 Å². The van der Waals surface area contributed by atoms with Crippen molar-refractivity contribution in [3.8, 4) is 5.75 Å². The van der Waals surface area contributed by atoms with E-state index >= 15 is 0 Å². The van der Waals surface area contributed by atoms with Crippen LogP contribution in [0.5, 0.6) is 5.75 Å². The van der Waals surface area contributed by atoms with Crippen LogP contribution in [0.25, 0.3) is 11.0 Å². The second-order valence-electron chi connectivity index (χ2n) is 6.74. The summed E-state index contributed by atoms with van der Waals surface area (Å²) in [6.45, 7) is 2.85. The van der Waals surface area contributed by atoms with Gasteiger partial charge < -0.3 is 14.6 Å². The van der Waals surface area contributed by atoms with Crippen LogP contribution in [0.4, 0.5) is 0 Å². The molecule has 1 atom stereocenters. The van der Waals surface area contributed by atoms with Crippen LogP contribution in [0.15, 0.2) is 35.3 Å². The maximum Gasteiger partial charge on any atom is 0.262 e. The van der Waals surface area contributed by atoms with Crippen molar-refractivity contribution in [3.05, 3.63) is 52.2 Å². The summed E-state index contributed by atoms with van der Waals surface area (Å²) < 4.78 is 7.16. The van der Waals surface area contributed by atoms with Crippen LogP contribution in [0.1, 0.15) is 30.8 Å². The number of hydrogen-bond donors (Lipinski definition) is 1. The third-order valence-corrected chi connectivity index (χ3v) is 5.02. The summed E-state index contributed by atoms with van der Waals surface area (Å²) in [6, 6.07) is 7.68. The topological polar surface area (TPSA) is 93.1 Å². The average Bonchev–Trinajstić information content (AvgIpc) is 3.29. The van der Waals surface area contributed by atoms with Crippen LogP contribution in [-0.2, 0) is 11.2 Å². The smallest absolute Gasteiger partial charge is 0.262 e. The SMILES string of the molecule is COc1ccccc1Cc1nc2c(cnn2C2CCN(C(C)=O)C2)c(=O)[nH]1. The summed E-state index contributed by atoms with van der Waals surface area (Å²) in [5.41, 5.74) is 1.29. The second-order valence-corrected chi connectivity index (χ2v) is 6.74. The Morgan fingerprint density at radius 2 is 2.19 bits per heavy atom. The number of H-pyrrole nitrogens is 1. The van der Waals surface area contributed by atoms with Gasteiger partial charge in [0.1, 0.15) is 17.0 Å². The number of rotatable bonds is 4. The molecule has 8 nitrogen and oxygen atoms in total. The summed E-state index contributed by atoms with van der Waals surface area (Å²) in [6.07, 6.45) is 2.79. The van der Waals surface area contributed by atoms with E-state index in [0.717, 1.165) is 17.7 Å². The zero-order chi connectivity index (χ0) is 19.0. The first-order valence-electron chi connectivity index (χ1n) is 8.90. The molecule has 140 valence electrons. The van der Waals surface area contributed by atoms with Crippen molar-refractivity contribution in [1.29, 1.82) is 0 Å². The number of benzene rings is 1. The zero-order valence-electron chi connectivity index (χ0n) is 15.3. The largest absolute Gasteiger partial charge is 0.496 e. The molecule has 2 aromatic heterocycles. The quantitative estimate of drug-likeness (QED) is 0.754. The Hall–Kier alpha value is -3.16. The fourth-order valence-electron chi connectivity index (χ4n) is 3.59. The molecule has 3 heterocycles. The van der Waals surface area contributed by atoms with Gasteiger partial charge in [0, 0.05) is 32.0 Å². The Morgan fingerprint density at radius 3 is 2.93 bits per heavy atom. The van der Waals surface area contributed by atoms with Gasteiger partial charge in [-0.25, -0.2) is 9.67 Å². The molecule has 4 rings (SSSR count). The molecule has 1 aliphatic heterocycles. The molecule has 1 N–H and O–H groups in total. The fourth-order valence-corrected chi connectivity index (χ4v) is 3.59. The highest BCUT2D eigenvalue weighted by Crippen LogP contribution is 2.24. The number of hydrogen-bond acceptors (Lipinski definition) is 5. The lowest BCUT2D eigenvalue weighted by Gasteiger charge is -2.14. The molecular weight excluding hydrogens is 346 g/mol. The third-order valence-electron chi connectivity index (χ3n) is 5.02. The van der Waals surface area contributed by atoms with E-state index in [2.05, 4.69) is 15.1 Å². The summed E-state index contributed by atoms with van der Waals surface area (Å²) in [5.74, 6) is 1.36. The van der Waals surface area contributed by atoms with E-state index < -0.39 is 0 Å². The Morgan fingerprint density at radius 1 is 1.37 bits per heavy atom. The molecule has 1 saturated heterocycles. The highest BCUT2D eigenvalue weighted by Gasteiger charge is 2.28. The minimum absolute atomic E-state index is 0.0276. The summed E-state index contributed by atoms with van der Waals surface area (Å²) in [5, 5.41) is 4.84. The Kier molecular flexibility index (Phi) is 4.39. The lowest BCUT2D eigenvalue weighted by atomic mass is 10.1.